The van der Waals surface area contributed by atoms with Crippen LogP contribution in [0.5, 0.6) is 5.75 Å². The number of hydrogen-bond acceptors (Lipinski definition) is 5. The molecule has 6 heteroatoms. The number of nitroso groups, excluding NO2 is 1. The van der Waals surface area contributed by atoms with E-state index in [2.05, 4.69) is 5.18 Å². The molecule has 0 atom stereocenters. The van der Waals surface area contributed by atoms with Gasteiger partial charge >= 0.3 is 0 Å². The number of amides is 1. The van der Waals surface area contributed by atoms with Crippen molar-refractivity contribution >= 4 is 17.9 Å². The summed E-state index contributed by atoms with van der Waals surface area (Å²) >= 11 is 0. The van der Waals surface area contributed by atoms with Gasteiger partial charge in [0.2, 0.25) is 0 Å². The predicted molar refractivity (Wildman–Crippen MR) is 83.9 cm³/mol. The second-order valence-electron chi connectivity index (χ2n) is 5.28. The third-order valence-corrected chi connectivity index (χ3v) is 3.93. The molecule has 23 heavy (non-hydrogen) atoms. The summed E-state index contributed by atoms with van der Waals surface area (Å²) in [5, 5.41) is 2.80. The van der Waals surface area contributed by atoms with Gasteiger partial charge in [0, 0.05) is 24.2 Å². The number of fused-ring (bicyclic) bond motifs is 1. The third kappa shape index (κ3) is 2.70. The normalized spacial score (nSPS) is 12.7. The molecular weight excluding hydrogens is 296 g/mol. The summed E-state index contributed by atoms with van der Waals surface area (Å²) in [5.74, 6) is 0.545. The highest BCUT2D eigenvalue weighted by molar-refractivity contribution is 5.97. The highest BCUT2D eigenvalue weighted by Crippen LogP contribution is 2.28. The number of aldehydes is 1. The number of methoxy groups -OCH3 is 1. The SMILES string of the molecule is COc1ccc2c(c1)CN(C(=O)c1ccc(C=O)c(N=O)c1)C2. The average molecular weight is 310 g/mol. The van der Waals surface area contributed by atoms with Crippen LogP contribution < -0.4 is 4.74 Å². The quantitative estimate of drug-likeness (QED) is 0.642. The molecule has 0 aliphatic carbocycles. The van der Waals surface area contributed by atoms with Crippen LogP contribution >= 0.6 is 0 Å². The Bertz CT molecular complexity index is 801. The molecule has 1 aliphatic rings. The second-order valence-corrected chi connectivity index (χ2v) is 5.28. The highest BCUT2D eigenvalue weighted by atomic mass is 16.5. The molecule has 2 aromatic rings. The van der Waals surface area contributed by atoms with E-state index in [0.29, 0.717) is 24.9 Å². The Labute approximate surface area is 132 Å². The first-order valence-electron chi connectivity index (χ1n) is 7.04. The van der Waals surface area contributed by atoms with Crippen LogP contribution in [0.4, 0.5) is 5.69 Å². The Morgan fingerprint density at radius 2 is 1.96 bits per heavy atom. The zero-order chi connectivity index (χ0) is 16.4. The van der Waals surface area contributed by atoms with E-state index in [4.69, 9.17) is 4.74 Å². The minimum atomic E-state index is -0.206. The highest BCUT2D eigenvalue weighted by Gasteiger charge is 2.25. The number of benzene rings is 2. The van der Waals surface area contributed by atoms with E-state index in [-0.39, 0.29) is 17.2 Å². The molecule has 1 amide bonds. The zero-order valence-corrected chi connectivity index (χ0v) is 12.5. The number of rotatable bonds is 4. The van der Waals surface area contributed by atoms with Gasteiger partial charge in [-0.1, -0.05) is 6.07 Å². The van der Waals surface area contributed by atoms with E-state index in [1.807, 2.05) is 18.2 Å². The smallest absolute Gasteiger partial charge is 0.254 e. The van der Waals surface area contributed by atoms with Crippen LogP contribution in [0.3, 0.4) is 0 Å². The molecule has 6 nitrogen and oxygen atoms in total. The van der Waals surface area contributed by atoms with E-state index in [9.17, 15) is 14.5 Å². The number of hydrogen-bond donors (Lipinski definition) is 0. The fraction of sp³-hybridized carbons (Fsp3) is 0.176. The van der Waals surface area contributed by atoms with Crippen molar-refractivity contribution in [2.24, 2.45) is 5.18 Å². The van der Waals surface area contributed by atoms with Crippen molar-refractivity contribution in [3.8, 4) is 5.75 Å². The van der Waals surface area contributed by atoms with Crippen LogP contribution in [-0.4, -0.2) is 24.2 Å². The molecule has 116 valence electrons. The number of ether oxygens (including phenoxy) is 1. The van der Waals surface area contributed by atoms with Crippen LogP contribution in [-0.2, 0) is 13.1 Å². The summed E-state index contributed by atoms with van der Waals surface area (Å²) in [6.07, 6.45) is 0.545. The molecular formula is C17H14N2O4. The van der Waals surface area contributed by atoms with Gasteiger partial charge in [-0.15, -0.1) is 4.91 Å². The van der Waals surface area contributed by atoms with E-state index >= 15 is 0 Å². The van der Waals surface area contributed by atoms with Crippen LogP contribution in [0.15, 0.2) is 41.6 Å². The summed E-state index contributed by atoms with van der Waals surface area (Å²) in [5.41, 5.74) is 2.59. The summed E-state index contributed by atoms with van der Waals surface area (Å²) in [7, 11) is 1.60. The van der Waals surface area contributed by atoms with Gasteiger partial charge in [-0.3, -0.25) is 9.59 Å². The van der Waals surface area contributed by atoms with Gasteiger partial charge in [0.1, 0.15) is 11.4 Å². The topological polar surface area (TPSA) is 76.0 Å². The second kappa shape index (κ2) is 6.00. The Morgan fingerprint density at radius 3 is 2.65 bits per heavy atom. The maximum absolute atomic E-state index is 12.6. The first kappa shape index (κ1) is 14.9. The van der Waals surface area contributed by atoms with Crippen LogP contribution in [0.25, 0.3) is 0 Å². The molecule has 0 spiro atoms. The van der Waals surface area contributed by atoms with Crippen molar-refractivity contribution in [2.45, 2.75) is 13.1 Å². The minimum absolute atomic E-state index is 0.0239. The van der Waals surface area contributed by atoms with Gasteiger partial charge in [0.15, 0.2) is 6.29 Å². The summed E-state index contributed by atoms with van der Waals surface area (Å²) in [6.45, 7) is 0.974. The Morgan fingerprint density at radius 1 is 1.17 bits per heavy atom. The molecule has 0 radical (unpaired) electrons. The fourth-order valence-corrected chi connectivity index (χ4v) is 2.68. The molecule has 0 bridgehead atoms. The van der Waals surface area contributed by atoms with Gasteiger partial charge in [-0.25, -0.2) is 0 Å². The molecule has 0 aromatic heterocycles. The lowest BCUT2D eigenvalue weighted by molar-refractivity contribution is 0.0751. The third-order valence-electron chi connectivity index (χ3n) is 3.93. The molecule has 1 aliphatic heterocycles. The zero-order valence-electron chi connectivity index (χ0n) is 12.5. The van der Waals surface area contributed by atoms with Gasteiger partial charge < -0.3 is 9.64 Å². The van der Waals surface area contributed by atoms with Gasteiger partial charge in [-0.2, -0.15) is 0 Å². The maximum atomic E-state index is 12.6. The van der Waals surface area contributed by atoms with Crippen molar-refractivity contribution in [3.05, 3.63) is 63.6 Å². The molecule has 0 saturated carbocycles. The van der Waals surface area contributed by atoms with Crippen molar-refractivity contribution in [1.82, 2.24) is 4.90 Å². The minimum Gasteiger partial charge on any atom is -0.497 e. The lowest BCUT2D eigenvalue weighted by Crippen LogP contribution is -2.25. The standard InChI is InChI=1S/C17H14N2O4/c1-23-15-5-4-12-8-19(9-14(12)6-15)17(21)11-2-3-13(10-20)16(7-11)18-22/h2-7,10H,8-9H2,1H3. The molecule has 0 unspecified atom stereocenters. The summed E-state index contributed by atoms with van der Waals surface area (Å²) in [4.78, 5) is 35.9. The molecule has 1 heterocycles. The van der Waals surface area contributed by atoms with Gasteiger partial charge in [0.25, 0.3) is 5.91 Å². The monoisotopic (exact) mass is 310 g/mol. The van der Waals surface area contributed by atoms with E-state index in [0.717, 1.165) is 16.9 Å². The lowest BCUT2D eigenvalue weighted by Gasteiger charge is -2.15. The number of carbonyl (C=O) groups is 2. The Hall–Kier alpha value is -3.02. The van der Waals surface area contributed by atoms with E-state index in [1.54, 1.807) is 12.0 Å². The van der Waals surface area contributed by atoms with Gasteiger partial charge in [0.05, 0.1) is 7.11 Å². The van der Waals surface area contributed by atoms with Crippen molar-refractivity contribution in [3.63, 3.8) is 0 Å². The molecule has 0 fully saturated rings. The summed E-state index contributed by atoms with van der Waals surface area (Å²) in [6, 6.07) is 10.0. The van der Waals surface area contributed by atoms with Gasteiger partial charge in [-0.05, 0) is 46.6 Å². The Kier molecular flexibility index (Phi) is 3.89. The first-order valence-corrected chi connectivity index (χ1v) is 7.04. The molecule has 0 saturated heterocycles. The van der Waals surface area contributed by atoms with Crippen molar-refractivity contribution < 1.29 is 14.3 Å². The predicted octanol–water partition coefficient (Wildman–Crippen LogP) is 3.06. The maximum Gasteiger partial charge on any atom is 0.254 e. The molecule has 0 N–H and O–H groups in total. The van der Waals surface area contributed by atoms with E-state index in [1.165, 1.54) is 18.2 Å². The van der Waals surface area contributed by atoms with Crippen molar-refractivity contribution in [2.75, 3.05) is 7.11 Å². The first-order chi connectivity index (χ1) is 11.2. The summed E-state index contributed by atoms with van der Waals surface area (Å²) < 4.78 is 5.19. The molecule has 3 rings (SSSR count). The van der Waals surface area contributed by atoms with E-state index < -0.39 is 0 Å². The van der Waals surface area contributed by atoms with Crippen LogP contribution in [0, 0.1) is 4.91 Å². The largest absolute Gasteiger partial charge is 0.497 e. The van der Waals surface area contributed by atoms with Crippen molar-refractivity contribution in [1.29, 1.82) is 0 Å². The average Bonchev–Trinajstić information content (AvgIpc) is 3.03. The Balaban J connectivity index is 1.85. The molecule has 2 aromatic carbocycles. The fourth-order valence-electron chi connectivity index (χ4n) is 2.68. The van der Waals surface area contributed by atoms with Crippen LogP contribution in [0.2, 0.25) is 0 Å². The lowest BCUT2D eigenvalue weighted by atomic mass is 10.1. The van der Waals surface area contributed by atoms with Crippen LogP contribution in [0.1, 0.15) is 31.8 Å². The number of carbonyl (C=O) groups excluding carboxylic acids is 2. The number of nitrogens with zero attached hydrogens (tertiary/aromatic N) is 2.